The van der Waals surface area contributed by atoms with Crippen molar-refractivity contribution in [3.63, 3.8) is 0 Å². The van der Waals surface area contributed by atoms with Crippen LogP contribution in [0.25, 0.3) is 0 Å². The van der Waals surface area contributed by atoms with Crippen LogP contribution in [-0.4, -0.2) is 103 Å². The van der Waals surface area contributed by atoms with E-state index in [0.717, 1.165) is 28.6 Å². The first-order valence-electron chi connectivity index (χ1n) is 17.4. The van der Waals surface area contributed by atoms with Gasteiger partial charge in [-0.3, -0.25) is 14.5 Å². The summed E-state index contributed by atoms with van der Waals surface area (Å²) in [5.74, 6) is -1.71. The molecule has 0 saturated heterocycles. The number of halogens is 8. The number of nitrogens with zero attached hydrogens (tertiary/aromatic N) is 2. The molecule has 2 aromatic carbocycles. The van der Waals surface area contributed by atoms with Crippen molar-refractivity contribution in [2.24, 2.45) is 5.73 Å². The highest BCUT2D eigenvalue weighted by Gasteiger charge is 2.41. The lowest BCUT2D eigenvalue weighted by Crippen LogP contribution is -2.40. The van der Waals surface area contributed by atoms with Gasteiger partial charge in [0, 0.05) is 54.7 Å². The van der Waals surface area contributed by atoms with Crippen LogP contribution >= 0.6 is 181 Å². The second-order valence-electron chi connectivity index (χ2n) is 13.7. The van der Waals surface area contributed by atoms with Crippen LogP contribution in [0.1, 0.15) is 104 Å². The predicted molar refractivity (Wildman–Crippen MR) is 291 cm³/mol. The lowest BCUT2D eigenvalue weighted by molar-refractivity contribution is 0.0438. The third-order valence-electron chi connectivity index (χ3n) is 7.20. The number of cyclic esters (lactones) is 2. The van der Waals surface area contributed by atoms with Crippen LogP contribution < -0.4 is 16.4 Å². The summed E-state index contributed by atoms with van der Waals surface area (Å²) in [7, 11) is 0. The van der Waals surface area contributed by atoms with Crippen LogP contribution in [0.3, 0.4) is 0 Å². The highest BCUT2D eigenvalue weighted by molar-refractivity contribution is 14.1. The first-order chi connectivity index (χ1) is 26.7. The van der Waals surface area contributed by atoms with E-state index in [1.165, 1.54) is 24.5 Å². The number of amides is 4. The molecule has 0 aromatic heterocycles. The fraction of sp³-hybridized carbons (Fsp3) is 0.500. The highest BCUT2D eigenvalue weighted by Crippen LogP contribution is 2.38. The summed E-state index contributed by atoms with van der Waals surface area (Å²) in [6.07, 6.45) is -0.986. The number of esters is 2. The van der Waals surface area contributed by atoms with Crippen molar-refractivity contribution in [3.05, 3.63) is 50.8 Å². The summed E-state index contributed by atoms with van der Waals surface area (Å²) in [5, 5.41) is 5.07. The van der Waals surface area contributed by atoms with Gasteiger partial charge < -0.3 is 35.5 Å². The smallest absolute Gasteiger partial charge is 0.407 e. The third-order valence-corrected chi connectivity index (χ3v) is 22.0. The lowest BCUT2D eigenvalue weighted by atomic mass is 10.1. The molecule has 0 unspecified atom stereocenters. The quantitative estimate of drug-likeness (QED) is 0.0435. The molecular weight excluding hydrogens is 1660 g/mol. The minimum atomic E-state index is -0.598. The predicted octanol–water partition coefficient (Wildman–Crippen LogP) is 9.46. The number of hydrogen-bond acceptors (Lipinski definition) is 11. The molecule has 2 aliphatic heterocycles. The number of imide groups is 1. The molecule has 14 nitrogen and oxygen atoms in total. The van der Waals surface area contributed by atoms with Crippen LogP contribution in [-0.2, 0) is 14.2 Å². The molecule has 0 atom stereocenters. The van der Waals surface area contributed by atoms with Crippen molar-refractivity contribution in [3.8, 4) is 0 Å². The molecular formula is C36H45I8N5O9. The SMILES string of the molecule is CC(C)(C)OC(=O)NCCN.CC(C)(C)OC(=O)NCCN1C(=O)c2c(I)c(I)c(I)c(I)c2C1=O.CCN(CC)CC.O=C1OC(=O)c2c(I)c(I)c(I)c(I)c21. The number of nitrogens with one attached hydrogen (secondary N) is 2. The van der Waals surface area contributed by atoms with E-state index in [9.17, 15) is 28.8 Å². The summed E-state index contributed by atoms with van der Waals surface area (Å²) in [4.78, 5) is 74.4. The number of nitrogens with two attached hydrogens (primary N) is 1. The van der Waals surface area contributed by atoms with Gasteiger partial charge in [0.2, 0.25) is 0 Å². The highest BCUT2D eigenvalue weighted by atomic mass is 127. The Balaban J connectivity index is 0.000000432. The molecule has 4 N–H and O–H groups in total. The van der Waals surface area contributed by atoms with Gasteiger partial charge in [0.15, 0.2) is 0 Å². The standard InChI is InChI=1S/C15H14I4N2O4.C8I4O3.C7H16N2O2.C6H15N/c1-15(2,3)25-14(24)20-4-5-21-12(22)6-7(13(21)23)9(17)11(19)10(18)8(6)16;9-3-1-2(8(14)15-7(1)13)4(10)6(12)5(3)11;1-7(2,3)11-6(10)9-5-4-8;1-4-7(5-2)6-3/h4-5H2,1-3H3,(H,20,24);;4-5,8H2,1-3H3,(H,9,10);4-6H2,1-3H3. The number of carbonyl (C=O) groups excluding carboxylic acids is 6. The molecule has 0 fully saturated rings. The number of fused-ring (bicyclic) bond motifs is 2. The zero-order valence-electron chi connectivity index (χ0n) is 33.1. The molecule has 0 spiro atoms. The molecule has 2 aromatic rings. The molecule has 58 heavy (non-hydrogen) atoms. The molecule has 324 valence electrons. The van der Waals surface area contributed by atoms with Crippen LogP contribution in [0, 0.1) is 28.6 Å². The van der Waals surface area contributed by atoms with E-state index in [1.807, 2.05) is 20.8 Å². The molecule has 0 bridgehead atoms. The van der Waals surface area contributed by atoms with E-state index in [4.69, 9.17) is 15.2 Å². The van der Waals surface area contributed by atoms with E-state index in [0.29, 0.717) is 35.3 Å². The number of rotatable bonds is 8. The normalized spacial score (nSPS) is 13.0. The number of benzene rings is 2. The second-order valence-corrected chi connectivity index (χ2v) is 22.3. The monoisotopic (exact) mass is 1710 g/mol. The van der Waals surface area contributed by atoms with Gasteiger partial charge in [0.05, 0.1) is 22.3 Å². The van der Waals surface area contributed by atoms with Gasteiger partial charge in [-0.25, -0.2) is 19.2 Å². The Morgan fingerprint density at radius 3 is 1.17 bits per heavy atom. The maximum Gasteiger partial charge on any atom is 0.407 e. The number of hydrogen-bond donors (Lipinski definition) is 3. The van der Waals surface area contributed by atoms with Gasteiger partial charge in [-0.05, 0) is 242 Å². The van der Waals surface area contributed by atoms with Crippen molar-refractivity contribution in [1.82, 2.24) is 20.4 Å². The second kappa shape index (κ2) is 26.1. The van der Waals surface area contributed by atoms with Gasteiger partial charge in [0.1, 0.15) is 11.2 Å². The average molecular weight is 1710 g/mol. The zero-order chi connectivity index (χ0) is 45.0. The van der Waals surface area contributed by atoms with E-state index >= 15 is 0 Å². The summed E-state index contributed by atoms with van der Waals surface area (Å²) in [5.41, 5.74) is 5.88. The van der Waals surface area contributed by atoms with Gasteiger partial charge in [-0.1, -0.05) is 20.8 Å². The number of alkyl carbamates (subject to hydrolysis) is 2. The van der Waals surface area contributed by atoms with Crippen molar-refractivity contribution < 1.29 is 43.0 Å². The average Bonchev–Trinajstić information content (AvgIpc) is 3.57. The number of ether oxygens (including phenoxy) is 3. The molecule has 4 rings (SSSR count). The minimum Gasteiger partial charge on any atom is -0.444 e. The summed E-state index contributed by atoms with van der Waals surface area (Å²) < 4.78 is 21.8. The Bertz CT molecular complexity index is 1780. The molecule has 4 amide bonds. The Morgan fingerprint density at radius 2 is 0.897 bits per heavy atom. The van der Waals surface area contributed by atoms with E-state index in [2.05, 4.69) is 222 Å². The lowest BCUT2D eigenvalue weighted by Gasteiger charge is -2.20. The fourth-order valence-corrected chi connectivity index (χ4v) is 11.8. The van der Waals surface area contributed by atoms with Crippen LogP contribution in [0.5, 0.6) is 0 Å². The van der Waals surface area contributed by atoms with Gasteiger partial charge in [-0.2, -0.15) is 0 Å². The minimum absolute atomic E-state index is 0.102. The Morgan fingerprint density at radius 1 is 0.586 bits per heavy atom. The van der Waals surface area contributed by atoms with E-state index in [-0.39, 0.29) is 24.9 Å². The van der Waals surface area contributed by atoms with Gasteiger partial charge in [-0.15, -0.1) is 0 Å². The van der Waals surface area contributed by atoms with Crippen molar-refractivity contribution in [2.75, 3.05) is 45.8 Å². The molecule has 0 radical (unpaired) electrons. The molecule has 0 saturated carbocycles. The molecule has 2 aliphatic rings. The summed E-state index contributed by atoms with van der Waals surface area (Å²) in [6, 6.07) is 0. The van der Waals surface area contributed by atoms with Gasteiger partial charge in [0.25, 0.3) is 11.8 Å². The summed E-state index contributed by atoms with van der Waals surface area (Å²) in [6.45, 7) is 22.0. The van der Waals surface area contributed by atoms with Crippen LogP contribution in [0.2, 0.25) is 0 Å². The fourth-order valence-electron chi connectivity index (χ4n) is 4.54. The number of carbonyl (C=O) groups is 6. The largest absolute Gasteiger partial charge is 0.444 e. The molecule has 2 heterocycles. The summed E-state index contributed by atoms with van der Waals surface area (Å²) >= 11 is 17.1. The topological polar surface area (TPSA) is 187 Å². The molecule has 0 aliphatic carbocycles. The Labute approximate surface area is 449 Å². The van der Waals surface area contributed by atoms with Gasteiger partial charge >= 0.3 is 24.1 Å². The third kappa shape index (κ3) is 16.9. The van der Waals surface area contributed by atoms with Crippen LogP contribution in [0.15, 0.2) is 0 Å². The zero-order valence-corrected chi connectivity index (χ0v) is 50.4. The first kappa shape index (κ1) is 57.0. The van der Waals surface area contributed by atoms with Crippen molar-refractivity contribution >= 4 is 217 Å². The maximum absolute atomic E-state index is 12.7. The molecule has 22 heteroatoms. The Kier molecular flexibility index (Phi) is 25.7. The van der Waals surface area contributed by atoms with E-state index < -0.39 is 35.3 Å². The maximum atomic E-state index is 12.7. The first-order valence-corrected chi connectivity index (χ1v) is 26.0. The van der Waals surface area contributed by atoms with Crippen LogP contribution in [0.4, 0.5) is 9.59 Å². The van der Waals surface area contributed by atoms with Crippen molar-refractivity contribution in [1.29, 1.82) is 0 Å². The van der Waals surface area contributed by atoms with E-state index in [1.54, 1.807) is 20.8 Å². The Hall–Kier alpha value is 1.02. The van der Waals surface area contributed by atoms with Crippen molar-refractivity contribution in [2.45, 2.75) is 73.5 Å².